The molecule has 0 saturated carbocycles. The molecule has 1 aliphatic heterocycles. The van der Waals surface area contributed by atoms with Crippen LogP contribution in [0.4, 0.5) is 0 Å². The van der Waals surface area contributed by atoms with Crippen molar-refractivity contribution in [2.75, 3.05) is 7.05 Å². The van der Waals surface area contributed by atoms with Crippen LogP contribution in [-0.4, -0.2) is 11.5 Å². The van der Waals surface area contributed by atoms with E-state index in [1.54, 1.807) is 0 Å². The summed E-state index contributed by atoms with van der Waals surface area (Å²) >= 11 is 0. The lowest BCUT2D eigenvalue weighted by atomic mass is 10.0. The van der Waals surface area contributed by atoms with Crippen LogP contribution >= 0.6 is 16.1 Å². The van der Waals surface area contributed by atoms with Gasteiger partial charge in [-0.2, -0.15) is 0 Å². The zero-order valence-electron chi connectivity index (χ0n) is 20.3. The van der Waals surface area contributed by atoms with Crippen LogP contribution in [0.3, 0.4) is 0 Å². The number of hydrogen-bond donors (Lipinski definition) is 0. The molecule has 0 bridgehead atoms. The lowest BCUT2D eigenvalue weighted by Gasteiger charge is -2.40. The van der Waals surface area contributed by atoms with Gasteiger partial charge in [0.25, 0.3) is 0 Å². The van der Waals surface area contributed by atoms with Gasteiger partial charge in [0.15, 0.2) is 0 Å². The third-order valence-electron chi connectivity index (χ3n) is 6.90. The number of benzene rings is 4. The van der Waals surface area contributed by atoms with Crippen molar-refractivity contribution < 1.29 is 0 Å². The smallest absolute Gasteiger partial charge is 0.0315 e. The Bertz CT molecular complexity index is 1100. The molecule has 0 aromatic heterocycles. The van der Waals surface area contributed by atoms with Crippen LogP contribution in [0.2, 0.25) is 0 Å². The van der Waals surface area contributed by atoms with E-state index in [1.165, 1.54) is 45.7 Å². The number of hydrogen-bond acceptors (Lipinski definition) is 1. The van der Waals surface area contributed by atoms with Gasteiger partial charge in [-0.1, -0.05) is 120 Å². The Morgan fingerprint density at radius 3 is 1.35 bits per heavy atom. The molecule has 34 heavy (non-hydrogen) atoms. The van der Waals surface area contributed by atoms with Crippen LogP contribution in [-0.2, 0) is 0 Å². The highest BCUT2D eigenvalue weighted by Crippen LogP contribution is 2.75. The van der Waals surface area contributed by atoms with Gasteiger partial charge >= 0.3 is 0 Å². The van der Waals surface area contributed by atoms with Gasteiger partial charge in [-0.05, 0) is 63.5 Å². The fraction of sp³-hybridized carbons (Fsp3) is 0.226. The topological polar surface area (TPSA) is 3.24 Å². The Labute approximate surface area is 207 Å². The molecule has 0 aliphatic carbocycles. The monoisotopic (exact) mass is 481 g/mol. The van der Waals surface area contributed by atoms with Gasteiger partial charge in [0.1, 0.15) is 0 Å². The number of aryl methyl sites for hydroxylation is 2. The third-order valence-corrected chi connectivity index (χ3v) is 13.3. The van der Waals surface area contributed by atoms with Crippen LogP contribution in [0.5, 0.6) is 0 Å². The lowest BCUT2D eigenvalue weighted by Crippen LogP contribution is -2.24. The summed E-state index contributed by atoms with van der Waals surface area (Å²) in [5.74, 6) is 0. The highest BCUT2D eigenvalue weighted by Gasteiger charge is 2.42. The van der Waals surface area contributed by atoms with Crippen LogP contribution < -0.4 is 10.6 Å². The van der Waals surface area contributed by atoms with E-state index >= 15 is 0 Å². The van der Waals surface area contributed by atoms with Gasteiger partial charge in [-0.3, -0.25) is 4.44 Å². The van der Waals surface area contributed by atoms with Gasteiger partial charge in [-0.25, -0.2) is 0 Å². The average molecular weight is 482 g/mol. The van der Waals surface area contributed by atoms with Gasteiger partial charge < -0.3 is 0 Å². The first-order chi connectivity index (χ1) is 16.6. The van der Waals surface area contributed by atoms with Crippen molar-refractivity contribution in [3.05, 3.63) is 131 Å². The predicted octanol–water partition coefficient (Wildman–Crippen LogP) is 8.26. The van der Waals surface area contributed by atoms with E-state index in [4.69, 9.17) is 0 Å². The SMILES string of the molecule is Cc1ccc([C@@H]2CC[C@@H](c3ccc(C)cc3)P2N(C)P(c2ccccc2)c2ccccc2)cc1. The normalized spacial score (nSPS) is 18.6. The van der Waals surface area contributed by atoms with E-state index in [0.29, 0.717) is 11.3 Å². The van der Waals surface area contributed by atoms with Crippen molar-refractivity contribution in [2.45, 2.75) is 38.0 Å². The summed E-state index contributed by atoms with van der Waals surface area (Å²) < 4.78 is 2.80. The molecule has 4 aromatic carbocycles. The minimum absolute atomic E-state index is 0.429. The van der Waals surface area contributed by atoms with E-state index in [2.05, 4.69) is 135 Å². The Balaban J connectivity index is 1.60. The van der Waals surface area contributed by atoms with Gasteiger partial charge in [-0.15, -0.1) is 0 Å². The van der Waals surface area contributed by atoms with Gasteiger partial charge in [0, 0.05) is 19.4 Å². The molecule has 0 radical (unpaired) electrons. The summed E-state index contributed by atoms with van der Waals surface area (Å²) in [4.78, 5) is 0. The van der Waals surface area contributed by atoms with Gasteiger partial charge in [0.05, 0.1) is 0 Å². The molecule has 5 rings (SSSR count). The molecule has 0 unspecified atom stereocenters. The third kappa shape index (κ3) is 4.89. The van der Waals surface area contributed by atoms with Crippen molar-refractivity contribution in [1.29, 1.82) is 0 Å². The molecule has 1 fully saturated rings. The van der Waals surface area contributed by atoms with Crippen molar-refractivity contribution >= 4 is 26.8 Å². The zero-order valence-corrected chi connectivity index (χ0v) is 22.1. The number of rotatable bonds is 6. The maximum absolute atomic E-state index is 2.80. The quantitative estimate of drug-likeness (QED) is 0.251. The number of nitrogens with zero attached hydrogens (tertiary/aromatic N) is 1. The Morgan fingerprint density at radius 1 is 0.588 bits per heavy atom. The van der Waals surface area contributed by atoms with E-state index < -0.39 is 16.1 Å². The fourth-order valence-corrected chi connectivity index (χ4v) is 12.2. The minimum atomic E-state index is -0.607. The van der Waals surface area contributed by atoms with Crippen LogP contribution in [0.15, 0.2) is 109 Å². The molecule has 4 aromatic rings. The Kier molecular flexibility index (Phi) is 7.26. The molecule has 0 N–H and O–H groups in total. The molecule has 1 nitrogen and oxygen atoms in total. The standard InChI is InChI=1S/C31H33NP2/c1-24-14-18-26(19-15-24)30-22-23-31(27-20-16-25(2)17-21-27)34(30)32(3)33(28-10-6-4-7-11-28)29-12-8-5-9-13-29/h4-21,30-31H,22-23H2,1-3H3/t30-,31-/m0/s1. The maximum Gasteiger partial charge on any atom is 0.0315 e. The molecule has 172 valence electrons. The molecular formula is C31H33NP2. The second-order valence-corrected chi connectivity index (χ2v) is 14.5. The molecule has 1 aliphatic rings. The first-order valence-electron chi connectivity index (χ1n) is 12.2. The van der Waals surface area contributed by atoms with Crippen molar-refractivity contribution in [1.82, 2.24) is 4.44 Å². The summed E-state index contributed by atoms with van der Waals surface area (Å²) in [6, 6.07) is 41.0. The highest BCUT2D eigenvalue weighted by atomic mass is 31.2. The summed E-state index contributed by atoms with van der Waals surface area (Å²) in [5, 5.41) is 2.87. The summed E-state index contributed by atoms with van der Waals surface area (Å²) in [5.41, 5.74) is 6.87. The van der Waals surface area contributed by atoms with Crippen LogP contribution in [0.25, 0.3) is 0 Å². The van der Waals surface area contributed by atoms with Crippen molar-refractivity contribution in [2.24, 2.45) is 0 Å². The van der Waals surface area contributed by atoms with E-state index in [0.717, 1.165) is 0 Å². The van der Waals surface area contributed by atoms with E-state index in [-0.39, 0.29) is 0 Å². The Morgan fingerprint density at radius 2 is 0.971 bits per heavy atom. The van der Waals surface area contributed by atoms with Gasteiger partial charge in [0.2, 0.25) is 0 Å². The zero-order chi connectivity index (χ0) is 23.5. The minimum Gasteiger partial charge on any atom is -0.254 e. The van der Waals surface area contributed by atoms with E-state index in [1.807, 2.05) is 0 Å². The van der Waals surface area contributed by atoms with Crippen molar-refractivity contribution in [3.8, 4) is 0 Å². The van der Waals surface area contributed by atoms with E-state index in [9.17, 15) is 0 Å². The predicted molar refractivity (Wildman–Crippen MR) is 151 cm³/mol. The Hall–Kier alpha value is -2.30. The first kappa shape index (κ1) is 23.4. The van der Waals surface area contributed by atoms with Crippen molar-refractivity contribution in [3.63, 3.8) is 0 Å². The summed E-state index contributed by atoms with van der Waals surface area (Å²) in [6.07, 6.45) is 2.51. The molecule has 1 saturated heterocycles. The molecule has 3 heteroatoms. The summed E-state index contributed by atoms with van der Waals surface area (Å²) in [6.45, 7) is 4.37. The molecule has 2 atom stereocenters. The van der Waals surface area contributed by atoms with Crippen LogP contribution in [0, 0.1) is 13.8 Å². The fourth-order valence-electron chi connectivity index (χ4n) is 5.14. The average Bonchev–Trinajstić information content (AvgIpc) is 3.31. The largest absolute Gasteiger partial charge is 0.254 e. The molecular weight excluding hydrogens is 448 g/mol. The second kappa shape index (κ2) is 10.5. The maximum atomic E-state index is 2.80. The van der Waals surface area contributed by atoms with Crippen LogP contribution in [0.1, 0.15) is 46.4 Å². The molecule has 1 heterocycles. The highest BCUT2D eigenvalue weighted by molar-refractivity contribution is 7.79. The first-order valence-corrected chi connectivity index (χ1v) is 14.9. The summed E-state index contributed by atoms with van der Waals surface area (Å²) in [7, 11) is 1.37. The molecule has 0 spiro atoms. The second-order valence-electron chi connectivity index (χ2n) is 9.28. The molecule has 0 amide bonds. The lowest BCUT2D eigenvalue weighted by molar-refractivity contribution is 0.765.